The number of ether oxygens (including phenoxy) is 1. The second kappa shape index (κ2) is 7.90. The molecule has 112 valence electrons. The largest absolute Gasteiger partial charge is 0.481 e. The average molecular weight is 278 g/mol. The summed E-state index contributed by atoms with van der Waals surface area (Å²) >= 11 is 0. The van der Waals surface area contributed by atoms with Crippen molar-refractivity contribution in [3.8, 4) is 5.75 Å². The molecule has 0 aliphatic carbocycles. The van der Waals surface area contributed by atoms with Crippen molar-refractivity contribution in [2.24, 2.45) is 0 Å². The zero-order valence-electron chi connectivity index (χ0n) is 13.2. The summed E-state index contributed by atoms with van der Waals surface area (Å²) in [4.78, 5) is 14.0. The summed E-state index contributed by atoms with van der Waals surface area (Å²) in [6, 6.07) is 5.88. The highest BCUT2D eigenvalue weighted by atomic mass is 16.5. The number of rotatable bonds is 7. The van der Waals surface area contributed by atoms with Gasteiger partial charge in [-0.15, -0.1) is 0 Å². The normalized spacial score (nSPS) is 12.3. The Morgan fingerprint density at radius 1 is 1.35 bits per heavy atom. The van der Waals surface area contributed by atoms with E-state index in [1.807, 2.05) is 46.1 Å². The van der Waals surface area contributed by atoms with E-state index >= 15 is 0 Å². The molecule has 0 unspecified atom stereocenters. The third-order valence-corrected chi connectivity index (χ3v) is 3.31. The van der Waals surface area contributed by atoms with Crippen LogP contribution < -0.4 is 10.1 Å². The fraction of sp³-hybridized carbons (Fsp3) is 0.562. The molecule has 4 heteroatoms. The Morgan fingerprint density at radius 2 is 2.05 bits per heavy atom. The lowest BCUT2D eigenvalue weighted by atomic mass is 10.1. The van der Waals surface area contributed by atoms with Gasteiger partial charge < -0.3 is 15.0 Å². The second-order valence-corrected chi connectivity index (χ2v) is 5.41. The van der Waals surface area contributed by atoms with Gasteiger partial charge in [0.1, 0.15) is 5.75 Å². The van der Waals surface area contributed by atoms with Gasteiger partial charge in [-0.05, 0) is 65.0 Å². The number of hydrogen-bond acceptors (Lipinski definition) is 3. The fourth-order valence-corrected chi connectivity index (χ4v) is 1.85. The summed E-state index contributed by atoms with van der Waals surface area (Å²) < 4.78 is 5.74. The number of amides is 1. The molecule has 0 saturated carbocycles. The second-order valence-electron chi connectivity index (χ2n) is 5.41. The standard InChI is InChI=1S/C16H26N2O2/c1-12-8-6-9-15(13(12)2)20-14(3)16(19)17-10-7-11-18(4)5/h6,8-9,14H,7,10-11H2,1-5H3,(H,17,19)/t14-/m1/s1. The molecule has 1 amide bonds. The highest BCUT2D eigenvalue weighted by molar-refractivity contribution is 5.80. The summed E-state index contributed by atoms with van der Waals surface area (Å²) in [6.07, 6.45) is 0.462. The fourth-order valence-electron chi connectivity index (χ4n) is 1.85. The first kappa shape index (κ1) is 16.5. The predicted octanol–water partition coefficient (Wildman–Crippen LogP) is 2.14. The lowest BCUT2D eigenvalue weighted by Crippen LogP contribution is -2.37. The van der Waals surface area contributed by atoms with Gasteiger partial charge in [0.05, 0.1) is 0 Å². The zero-order chi connectivity index (χ0) is 15.1. The van der Waals surface area contributed by atoms with Gasteiger partial charge in [0.2, 0.25) is 0 Å². The minimum absolute atomic E-state index is 0.0651. The van der Waals surface area contributed by atoms with Gasteiger partial charge in [-0.1, -0.05) is 12.1 Å². The van der Waals surface area contributed by atoms with Crippen LogP contribution in [-0.2, 0) is 4.79 Å². The number of carbonyl (C=O) groups is 1. The molecular formula is C16H26N2O2. The molecule has 0 bridgehead atoms. The Morgan fingerprint density at radius 3 is 2.70 bits per heavy atom. The maximum Gasteiger partial charge on any atom is 0.260 e. The Balaban J connectivity index is 2.43. The minimum Gasteiger partial charge on any atom is -0.481 e. The SMILES string of the molecule is Cc1cccc(O[C@H](C)C(=O)NCCCN(C)C)c1C. The molecule has 0 spiro atoms. The van der Waals surface area contributed by atoms with E-state index in [1.165, 1.54) is 5.56 Å². The third-order valence-electron chi connectivity index (χ3n) is 3.31. The zero-order valence-corrected chi connectivity index (χ0v) is 13.2. The van der Waals surface area contributed by atoms with Gasteiger partial charge in [0.15, 0.2) is 6.10 Å². The van der Waals surface area contributed by atoms with Crippen LogP contribution in [-0.4, -0.2) is 44.1 Å². The van der Waals surface area contributed by atoms with Crippen LogP contribution >= 0.6 is 0 Å². The number of nitrogens with one attached hydrogen (secondary N) is 1. The summed E-state index contributed by atoms with van der Waals surface area (Å²) in [6.45, 7) is 7.47. The van der Waals surface area contributed by atoms with Crippen molar-refractivity contribution in [1.29, 1.82) is 0 Å². The maximum atomic E-state index is 11.9. The maximum absolute atomic E-state index is 11.9. The number of hydrogen-bond donors (Lipinski definition) is 1. The molecule has 1 N–H and O–H groups in total. The van der Waals surface area contributed by atoms with Crippen molar-refractivity contribution in [1.82, 2.24) is 10.2 Å². The molecule has 0 heterocycles. The molecule has 0 aliphatic heterocycles. The van der Waals surface area contributed by atoms with Crippen molar-refractivity contribution in [2.45, 2.75) is 33.3 Å². The van der Waals surface area contributed by atoms with Crippen LogP contribution in [0.2, 0.25) is 0 Å². The number of aryl methyl sites for hydroxylation is 1. The van der Waals surface area contributed by atoms with Crippen molar-refractivity contribution in [3.63, 3.8) is 0 Å². The van der Waals surface area contributed by atoms with Gasteiger partial charge in [-0.2, -0.15) is 0 Å². The average Bonchev–Trinajstić information content (AvgIpc) is 2.39. The van der Waals surface area contributed by atoms with Crippen molar-refractivity contribution < 1.29 is 9.53 Å². The number of benzene rings is 1. The van der Waals surface area contributed by atoms with E-state index in [4.69, 9.17) is 4.74 Å². The lowest BCUT2D eigenvalue weighted by Gasteiger charge is -2.17. The third kappa shape index (κ3) is 5.21. The van der Waals surface area contributed by atoms with E-state index in [2.05, 4.69) is 10.2 Å². The van der Waals surface area contributed by atoms with Crippen LogP contribution in [0.25, 0.3) is 0 Å². The Labute approximate surface area is 122 Å². The lowest BCUT2D eigenvalue weighted by molar-refractivity contribution is -0.127. The molecule has 1 rings (SSSR count). The number of carbonyl (C=O) groups excluding carboxylic acids is 1. The molecule has 4 nitrogen and oxygen atoms in total. The van der Waals surface area contributed by atoms with E-state index in [1.54, 1.807) is 6.92 Å². The molecule has 0 aliphatic rings. The number of nitrogens with zero attached hydrogens (tertiary/aromatic N) is 1. The first-order chi connectivity index (χ1) is 9.41. The molecule has 0 fully saturated rings. The monoisotopic (exact) mass is 278 g/mol. The first-order valence-corrected chi connectivity index (χ1v) is 7.07. The molecule has 1 aromatic rings. The van der Waals surface area contributed by atoms with E-state index in [9.17, 15) is 4.79 Å². The van der Waals surface area contributed by atoms with Crippen molar-refractivity contribution >= 4 is 5.91 Å². The van der Waals surface area contributed by atoms with Crippen molar-refractivity contribution in [3.05, 3.63) is 29.3 Å². The van der Waals surface area contributed by atoms with Gasteiger partial charge in [0.25, 0.3) is 5.91 Å². The Bertz CT molecular complexity index is 444. The highest BCUT2D eigenvalue weighted by Gasteiger charge is 2.15. The van der Waals surface area contributed by atoms with E-state index in [0.29, 0.717) is 6.54 Å². The van der Waals surface area contributed by atoms with Gasteiger partial charge in [-0.25, -0.2) is 0 Å². The Hall–Kier alpha value is -1.55. The molecule has 0 aromatic heterocycles. The summed E-state index contributed by atoms with van der Waals surface area (Å²) in [5, 5.41) is 2.90. The van der Waals surface area contributed by atoms with E-state index in [0.717, 1.165) is 24.3 Å². The molecule has 0 radical (unpaired) electrons. The van der Waals surface area contributed by atoms with Gasteiger partial charge in [0, 0.05) is 6.54 Å². The minimum atomic E-state index is -0.477. The topological polar surface area (TPSA) is 41.6 Å². The summed E-state index contributed by atoms with van der Waals surface area (Å²) in [5.41, 5.74) is 2.25. The van der Waals surface area contributed by atoms with Crippen molar-refractivity contribution in [2.75, 3.05) is 27.2 Å². The smallest absolute Gasteiger partial charge is 0.260 e. The van der Waals surface area contributed by atoms with Crippen LogP contribution in [0.1, 0.15) is 24.5 Å². The van der Waals surface area contributed by atoms with Gasteiger partial charge in [-0.3, -0.25) is 4.79 Å². The first-order valence-electron chi connectivity index (χ1n) is 7.07. The van der Waals surface area contributed by atoms with E-state index < -0.39 is 6.10 Å². The molecule has 0 saturated heterocycles. The van der Waals surface area contributed by atoms with E-state index in [-0.39, 0.29) is 5.91 Å². The summed E-state index contributed by atoms with van der Waals surface area (Å²) in [5.74, 6) is 0.714. The molecular weight excluding hydrogens is 252 g/mol. The van der Waals surface area contributed by atoms with Crippen LogP contribution in [0.4, 0.5) is 0 Å². The molecule has 20 heavy (non-hydrogen) atoms. The van der Waals surface area contributed by atoms with Crippen LogP contribution in [0.3, 0.4) is 0 Å². The van der Waals surface area contributed by atoms with Crippen LogP contribution in [0.5, 0.6) is 5.75 Å². The van der Waals surface area contributed by atoms with Crippen LogP contribution in [0.15, 0.2) is 18.2 Å². The molecule has 1 atom stereocenters. The van der Waals surface area contributed by atoms with Crippen LogP contribution in [0, 0.1) is 13.8 Å². The highest BCUT2D eigenvalue weighted by Crippen LogP contribution is 2.21. The predicted molar refractivity (Wildman–Crippen MR) is 82.2 cm³/mol. The van der Waals surface area contributed by atoms with Gasteiger partial charge >= 0.3 is 0 Å². The summed E-state index contributed by atoms with van der Waals surface area (Å²) in [7, 11) is 4.04. The Kier molecular flexibility index (Phi) is 6.52. The quantitative estimate of drug-likeness (QED) is 0.777. The molecule has 1 aromatic carbocycles.